The van der Waals surface area contributed by atoms with Crippen LogP contribution in [0.3, 0.4) is 0 Å². The van der Waals surface area contributed by atoms with Gasteiger partial charge in [0.1, 0.15) is 5.60 Å². The Morgan fingerprint density at radius 1 is 1.05 bits per heavy atom. The molecule has 2 rings (SSSR count). The van der Waals surface area contributed by atoms with Crippen molar-refractivity contribution in [2.45, 2.75) is 83.2 Å². The van der Waals surface area contributed by atoms with Gasteiger partial charge in [0.15, 0.2) is 0 Å². The monoisotopic (exact) mass is 296 g/mol. The zero-order valence-corrected chi connectivity index (χ0v) is 13.1. The highest BCUT2D eigenvalue weighted by molar-refractivity contribution is 5.81. The highest BCUT2D eigenvalue weighted by Gasteiger charge is 2.41. The first kappa shape index (κ1) is 16.3. The van der Waals surface area contributed by atoms with Gasteiger partial charge in [0.05, 0.1) is 11.8 Å². The van der Waals surface area contributed by atoms with E-state index in [4.69, 9.17) is 4.74 Å². The number of carboxylic acid groups (broad SMARTS) is 1. The Morgan fingerprint density at radius 3 is 2.24 bits per heavy atom. The van der Waals surface area contributed by atoms with E-state index in [1.165, 1.54) is 6.42 Å². The van der Waals surface area contributed by atoms with Crippen molar-refractivity contribution in [1.29, 1.82) is 0 Å². The van der Waals surface area contributed by atoms with Gasteiger partial charge in [-0.3, -0.25) is 9.59 Å². The maximum Gasteiger partial charge on any atom is 0.310 e. The van der Waals surface area contributed by atoms with Gasteiger partial charge in [-0.15, -0.1) is 0 Å². The molecule has 4 heteroatoms. The molecule has 2 atom stereocenters. The predicted molar refractivity (Wildman–Crippen MR) is 79.9 cm³/mol. The highest BCUT2D eigenvalue weighted by atomic mass is 16.6. The van der Waals surface area contributed by atoms with Crippen LogP contribution >= 0.6 is 0 Å². The van der Waals surface area contributed by atoms with Crippen molar-refractivity contribution in [3.8, 4) is 0 Å². The van der Waals surface area contributed by atoms with E-state index < -0.39 is 17.8 Å². The molecule has 2 fully saturated rings. The first-order valence-corrected chi connectivity index (χ1v) is 8.54. The van der Waals surface area contributed by atoms with Crippen LogP contribution in [0.25, 0.3) is 0 Å². The number of hydrogen-bond donors (Lipinski definition) is 1. The summed E-state index contributed by atoms with van der Waals surface area (Å²) in [6.45, 7) is 2.12. The zero-order valence-electron chi connectivity index (χ0n) is 13.1. The Morgan fingerprint density at radius 2 is 1.67 bits per heavy atom. The number of hydrogen-bond acceptors (Lipinski definition) is 3. The molecule has 2 unspecified atom stereocenters. The van der Waals surface area contributed by atoms with Crippen molar-refractivity contribution in [3.63, 3.8) is 0 Å². The minimum Gasteiger partial charge on any atom is -0.481 e. The minimum absolute atomic E-state index is 0.252. The van der Waals surface area contributed by atoms with Crippen molar-refractivity contribution < 1.29 is 19.4 Å². The standard InChI is InChI=1S/C17H28O4/c1-2-10-17(11-6-3-7-12-17)21-16(20)14-9-5-4-8-13(14)15(18)19/h13-14H,2-12H2,1H3,(H,18,19). The molecular weight excluding hydrogens is 268 g/mol. The molecule has 120 valence electrons. The molecule has 0 saturated heterocycles. The molecule has 0 aromatic heterocycles. The van der Waals surface area contributed by atoms with Crippen molar-refractivity contribution in [2.75, 3.05) is 0 Å². The molecule has 2 saturated carbocycles. The number of carbonyl (C=O) groups excluding carboxylic acids is 1. The summed E-state index contributed by atoms with van der Waals surface area (Å²) in [5.74, 6) is -2.08. The van der Waals surface area contributed by atoms with E-state index in [0.717, 1.165) is 51.4 Å². The fourth-order valence-electron chi connectivity index (χ4n) is 4.05. The minimum atomic E-state index is -0.843. The van der Waals surface area contributed by atoms with E-state index in [1.807, 2.05) is 0 Å². The van der Waals surface area contributed by atoms with Crippen molar-refractivity contribution in [3.05, 3.63) is 0 Å². The quantitative estimate of drug-likeness (QED) is 0.781. The van der Waals surface area contributed by atoms with Crippen LogP contribution in [0, 0.1) is 11.8 Å². The molecule has 0 radical (unpaired) electrons. The number of aliphatic carboxylic acids is 1. The third-order valence-corrected chi connectivity index (χ3v) is 5.17. The highest BCUT2D eigenvalue weighted by Crippen LogP contribution is 2.38. The lowest BCUT2D eigenvalue weighted by molar-refractivity contribution is -0.176. The number of carbonyl (C=O) groups is 2. The molecular formula is C17H28O4. The van der Waals surface area contributed by atoms with Crippen LogP contribution in [0.4, 0.5) is 0 Å². The average Bonchev–Trinajstić information content (AvgIpc) is 2.48. The zero-order chi connectivity index (χ0) is 15.3. The third kappa shape index (κ3) is 3.98. The van der Waals surface area contributed by atoms with Crippen molar-refractivity contribution in [2.24, 2.45) is 11.8 Å². The van der Waals surface area contributed by atoms with Crippen LogP contribution in [-0.2, 0) is 14.3 Å². The van der Waals surface area contributed by atoms with Gasteiger partial charge >= 0.3 is 11.9 Å². The Balaban J connectivity index is 2.04. The Hall–Kier alpha value is -1.06. The van der Waals surface area contributed by atoms with Crippen molar-refractivity contribution >= 4 is 11.9 Å². The molecule has 1 N–H and O–H groups in total. The van der Waals surface area contributed by atoms with E-state index in [0.29, 0.717) is 12.8 Å². The maximum absolute atomic E-state index is 12.6. The average molecular weight is 296 g/mol. The molecule has 0 bridgehead atoms. The van der Waals surface area contributed by atoms with Gasteiger partial charge in [0.2, 0.25) is 0 Å². The van der Waals surface area contributed by atoms with Crippen LogP contribution in [0.15, 0.2) is 0 Å². The summed E-state index contributed by atoms with van der Waals surface area (Å²) >= 11 is 0. The number of carboxylic acids is 1. The lowest BCUT2D eigenvalue weighted by Gasteiger charge is -2.39. The smallest absolute Gasteiger partial charge is 0.310 e. The summed E-state index contributed by atoms with van der Waals surface area (Å²) in [7, 11) is 0. The van der Waals surface area contributed by atoms with Gasteiger partial charge in [-0.2, -0.15) is 0 Å². The van der Waals surface area contributed by atoms with Crippen LogP contribution in [0.5, 0.6) is 0 Å². The summed E-state index contributed by atoms with van der Waals surface area (Å²) in [6.07, 6.45) is 10.3. The molecule has 0 spiro atoms. The molecule has 0 heterocycles. The number of rotatable bonds is 5. The van der Waals surface area contributed by atoms with Gasteiger partial charge in [0, 0.05) is 0 Å². The molecule has 0 aromatic carbocycles. The molecule has 2 aliphatic carbocycles. The number of esters is 1. The Kier molecular flexibility index (Phi) is 5.65. The van der Waals surface area contributed by atoms with Gasteiger partial charge < -0.3 is 9.84 Å². The van der Waals surface area contributed by atoms with E-state index in [2.05, 4.69) is 6.92 Å². The molecule has 0 aromatic rings. The SMILES string of the molecule is CCCC1(OC(=O)C2CCCCC2C(=O)O)CCCCC1. The lowest BCUT2D eigenvalue weighted by atomic mass is 9.78. The molecule has 2 aliphatic rings. The first-order valence-electron chi connectivity index (χ1n) is 8.54. The molecule has 0 amide bonds. The van der Waals surface area contributed by atoms with Crippen LogP contribution in [0.2, 0.25) is 0 Å². The maximum atomic E-state index is 12.6. The summed E-state index contributed by atoms with van der Waals surface area (Å²) in [4.78, 5) is 23.9. The largest absolute Gasteiger partial charge is 0.481 e. The topological polar surface area (TPSA) is 63.6 Å². The van der Waals surface area contributed by atoms with Crippen LogP contribution in [-0.4, -0.2) is 22.6 Å². The van der Waals surface area contributed by atoms with Crippen LogP contribution in [0.1, 0.15) is 77.6 Å². The van der Waals surface area contributed by atoms with Gasteiger partial charge in [-0.1, -0.05) is 32.6 Å². The first-order chi connectivity index (χ1) is 10.1. The summed E-state index contributed by atoms with van der Waals surface area (Å²) in [5, 5.41) is 9.32. The Bertz CT molecular complexity index is 365. The molecule has 4 nitrogen and oxygen atoms in total. The van der Waals surface area contributed by atoms with E-state index in [-0.39, 0.29) is 11.6 Å². The summed E-state index contributed by atoms with van der Waals surface area (Å²) < 4.78 is 5.94. The lowest BCUT2D eigenvalue weighted by Crippen LogP contribution is -2.42. The second-order valence-electron chi connectivity index (χ2n) is 6.75. The second-order valence-corrected chi connectivity index (χ2v) is 6.75. The second kappa shape index (κ2) is 7.28. The van der Waals surface area contributed by atoms with Gasteiger partial charge in [-0.05, 0) is 44.9 Å². The van der Waals surface area contributed by atoms with E-state index in [1.54, 1.807) is 0 Å². The number of ether oxygens (including phenoxy) is 1. The normalized spacial score (nSPS) is 28.8. The Labute approximate surface area is 127 Å². The summed E-state index contributed by atoms with van der Waals surface area (Å²) in [6, 6.07) is 0. The van der Waals surface area contributed by atoms with E-state index >= 15 is 0 Å². The fourth-order valence-corrected chi connectivity index (χ4v) is 4.05. The van der Waals surface area contributed by atoms with Crippen molar-refractivity contribution in [1.82, 2.24) is 0 Å². The van der Waals surface area contributed by atoms with Crippen LogP contribution < -0.4 is 0 Å². The van der Waals surface area contributed by atoms with Gasteiger partial charge in [0.25, 0.3) is 0 Å². The molecule has 0 aliphatic heterocycles. The fraction of sp³-hybridized carbons (Fsp3) is 0.882. The predicted octanol–water partition coefficient (Wildman–Crippen LogP) is 3.92. The summed E-state index contributed by atoms with van der Waals surface area (Å²) in [5.41, 5.74) is -0.315. The van der Waals surface area contributed by atoms with Gasteiger partial charge in [-0.25, -0.2) is 0 Å². The van der Waals surface area contributed by atoms with E-state index in [9.17, 15) is 14.7 Å². The third-order valence-electron chi connectivity index (χ3n) is 5.17. The molecule has 21 heavy (non-hydrogen) atoms.